The first-order chi connectivity index (χ1) is 8.15. The van der Waals surface area contributed by atoms with E-state index in [0.717, 1.165) is 38.5 Å². The van der Waals surface area contributed by atoms with E-state index >= 15 is 0 Å². The van der Waals surface area contributed by atoms with Gasteiger partial charge in [-0.1, -0.05) is 12.8 Å². The fraction of sp³-hybridized carbons (Fsp3) is 0.917. The normalized spacial score (nSPS) is 15.3. The average molecular weight is 248 g/mol. The summed E-state index contributed by atoms with van der Waals surface area (Å²) in [5.41, 5.74) is 5.36. The number of unbranched alkanes of at least 4 members (excludes halogenated alkanes) is 3. The van der Waals surface area contributed by atoms with Crippen molar-refractivity contribution in [2.75, 3.05) is 13.1 Å². The van der Waals surface area contributed by atoms with Crippen LogP contribution in [-0.2, 0) is 4.79 Å². The van der Waals surface area contributed by atoms with E-state index in [4.69, 9.17) is 5.73 Å². The molecule has 0 radical (unpaired) electrons. The van der Waals surface area contributed by atoms with E-state index in [1.807, 2.05) is 0 Å². The number of halogens is 2. The van der Waals surface area contributed by atoms with Gasteiger partial charge in [-0.2, -0.15) is 0 Å². The third-order valence-electron chi connectivity index (χ3n) is 2.99. The molecule has 100 valence electrons. The maximum absolute atomic E-state index is 12.3. The molecule has 3 nitrogen and oxygen atoms in total. The summed E-state index contributed by atoms with van der Waals surface area (Å²) in [5, 5.41) is 0. The zero-order valence-corrected chi connectivity index (χ0v) is 10.2. The number of carbonyl (C=O) groups excluding carboxylic acids is 1. The van der Waals surface area contributed by atoms with Crippen molar-refractivity contribution in [3.63, 3.8) is 0 Å². The molecule has 0 heterocycles. The van der Waals surface area contributed by atoms with Gasteiger partial charge in [0.2, 0.25) is 5.91 Å². The van der Waals surface area contributed by atoms with Crippen LogP contribution in [0.4, 0.5) is 8.78 Å². The van der Waals surface area contributed by atoms with Gasteiger partial charge in [-0.3, -0.25) is 4.79 Å². The maximum atomic E-state index is 12.3. The summed E-state index contributed by atoms with van der Waals surface area (Å²) < 4.78 is 24.6. The van der Waals surface area contributed by atoms with Crippen LogP contribution in [0.15, 0.2) is 0 Å². The Morgan fingerprint density at radius 3 is 2.41 bits per heavy atom. The number of nitrogens with zero attached hydrogens (tertiary/aromatic N) is 1. The Hall–Kier alpha value is -0.710. The lowest BCUT2D eigenvalue weighted by Crippen LogP contribution is -2.36. The van der Waals surface area contributed by atoms with E-state index in [-0.39, 0.29) is 11.9 Å². The summed E-state index contributed by atoms with van der Waals surface area (Å²) in [4.78, 5) is 13.1. The molecule has 0 bridgehead atoms. The number of hydrogen-bond donors (Lipinski definition) is 1. The predicted octanol–water partition coefficient (Wildman–Crippen LogP) is 2.15. The molecule has 1 saturated carbocycles. The largest absolute Gasteiger partial charge is 0.334 e. The third-order valence-corrected chi connectivity index (χ3v) is 2.99. The molecule has 1 aliphatic carbocycles. The van der Waals surface area contributed by atoms with Crippen molar-refractivity contribution in [2.45, 2.75) is 57.4 Å². The molecule has 0 unspecified atom stereocenters. The quantitative estimate of drug-likeness (QED) is 0.635. The Bertz CT molecular complexity index is 233. The van der Waals surface area contributed by atoms with Crippen molar-refractivity contribution in [1.29, 1.82) is 0 Å². The maximum Gasteiger partial charge on any atom is 0.255 e. The number of nitrogens with two attached hydrogens (primary N) is 1. The summed E-state index contributed by atoms with van der Waals surface area (Å²) in [6.07, 6.45) is 3.46. The van der Waals surface area contributed by atoms with Gasteiger partial charge in [-0.15, -0.1) is 0 Å². The lowest BCUT2D eigenvalue weighted by molar-refractivity contribution is -0.133. The topological polar surface area (TPSA) is 46.3 Å². The van der Waals surface area contributed by atoms with E-state index in [9.17, 15) is 13.6 Å². The number of carbonyl (C=O) groups is 1. The molecule has 0 aromatic carbocycles. The summed E-state index contributed by atoms with van der Waals surface area (Å²) >= 11 is 0. The minimum absolute atomic E-state index is 0.0838. The average Bonchev–Trinajstić information content (AvgIpc) is 3.09. The highest BCUT2D eigenvalue weighted by atomic mass is 19.3. The molecule has 1 amide bonds. The van der Waals surface area contributed by atoms with Crippen LogP contribution in [0.1, 0.15) is 44.9 Å². The second-order valence-electron chi connectivity index (χ2n) is 4.62. The minimum Gasteiger partial charge on any atom is -0.334 e. The van der Waals surface area contributed by atoms with Crippen molar-refractivity contribution >= 4 is 5.91 Å². The summed E-state index contributed by atoms with van der Waals surface area (Å²) in [7, 11) is 0. The van der Waals surface area contributed by atoms with Gasteiger partial charge in [0.1, 0.15) is 0 Å². The van der Waals surface area contributed by atoms with E-state index in [0.29, 0.717) is 13.0 Å². The first-order valence-electron chi connectivity index (χ1n) is 6.43. The fourth-order valence-electron chi connectivity index (χ4n) is 1.91. The van der Waals surface area contributed by atoms with Crippen molar-refractivity contribution in [3.8, 4) is 0 Å². The minimum atomic E-state index is -2.42. The second-order valence-corrected chi connectivity index (χ2v) is 4.62. The van der Waals surface area contributed by atoms with Gasteiger partial charge < -0.3 is 10.6 Å². The lowest BCUT2D eigenvalue weighted by Gasteiger charge is -2.21. The molecule has 0 aromatic heterocycles. The van der Waals surface area contributed by atoms with Crippen LogP contribution >= 0.6 is 0 Å². The Morgan fingerprint density at radius 1 is 1.24 bits per heavy atom. The molecule has 5 heteroatoms. The Kier molecular flexibility index (Phi) is 6.40. The first-order valence-corrected chi connectivity index (χ1v) is 6.43. The van der Waals surface area contributed by atoms with Crippen molar-refractivity contribution in [2.24, 2.45) is 5.73 Å². The van der Waals surface area contributed by atoms with Gasteiger partial charge in [0.15, 0.2) is 0 Å². The fourth-order valence-corrected chi connectivity index (χ4v) is 1.91. The van der Waals surface area contributed by atoms with E-state index < -0.39 is 13.0 Å². The summed E-state index contributed by atoms with van der Waals surface area (Å²) in [6.45, 7) is 0.278. The SMILES string of the molecule is NCCCCCCC(=O)N(CC(F)F)C1CC1. The Balaban J connectivity index is 2.18. The standard InChI is InChI=1S/C12H22F2N2O/c13-11(14)9-16(10-6-7-10)12(17)5-3-1-2-4-8-15/h10-11H,1-9,15H2. The van der Waals surface area contributed by atoms with Gasteiger partial charge in [0.25, 0.3) is 6.43 Å². The molecule has 17 heavy (non-hydrogen) atoms. The van der Waals surface area contributed by atoms with Gasteiger partial charge in [-0.25, -0.2) is 8.78 Å². The van der Waals surface area contributed by atoms with Crippen LogP contribution in [0.5, 0.6) is 0 Å². The van der Waals surface area contributed by atoms with E-state index in [1.54, 1.807) is 0 Å². The molecule has 0 atom stereocenters. The van der Waals surface area contributed by atoms with Gasteiger partial charge in [0.05, 0.1) is 6.54 Å². The monoisotopic (exact) mass is 248 g/mol. The molecule has 1 fully saturated rings. The summed E-state index contributed by atoms with van der Waals surface area (Å²) in [5.74, 6) is -0.111. The number of alkyl halides is 2. The zero-order chi connectivity index (χ0) is 12.7. The second kappa shape index (κ2) is 7.58. The molecular weight excluding hydrogens is 226 g/mol. The zero-order valence-electron chi connectivity index (χ0n) is 10.2. The van der Waals surface area contributed by atoms with Gasteiger partial charge >= 0.3 is 0 Å². The van der Waals surface area contributed by atoms with Crippen molar-refractivity contribution < 1.29 is 13.6 Å². The molecule has 0 aliphatic heterocycles. The van der Waals surface area contributed by atoms with Crippen LogP contribution in [0.25, 0.3) is 0 Å². The van der Waals surface area contributed by atoms with Crippen LogP contribution in [-0.4, -0.2) is 36.4 Å². The van der Waals surface area contributed by atoms with Gasteiger partial charge in [-0.05, 0) is 32.2 Å². The van der Waals surface area contributed by atoms with Crippen molar-refractivity contribution in [3.05, 3.63) is 0 Å². The highest BCUT2D eigenvalue weighted by Crippen LogP contribution is 2.28. The van der Waals surface area contributed by atoms with E-state index in [2.05, 4.69) is 0 Å². The molecule has 2 N–H and O–H groups in total. The van der Waals surface area contributed by atoms with Gasteiger partial charge in [0, 0.05) is 12.5 Å². The Morgan fingerprint density at radius 2 is 1.88 bits per heavy atom. The molecule has 1 aliphatic rings. The first kappa shape index (κ1) is 14.4. The number of amides is 1. The lowest BCUT2D eigenvalue weighted by atomic mass is 10.1. The van der Waals surface area contributed by atoms with Crippen LogP contribution in [0, 0.1) is 0 Å². The number of hydrogen-bond acceptors (Lipinski definition) is 2. The molecular formula is C12H22F2N2O. The molecule has 0 saturated heterocycles. The molecule has 0 spiro atoms. The number of rotatable bonds is 9. The van der Waals surface area contributed by atoms with E-state index in [1.165, 1.54) is 4.90 Å². The van der Waals surface area contributed by atoms with Crippen LogP contribution in [0.2, 0.25) is 0 Å². The van der Waals surface area contributed by atoms with Crippen LogP contribution < -0.4 is 5.73 Å². The third kappa shape index (κ3) is 5.96. The van der Waals surface area contributed by atoms with Crippen molar-refractivity contribution in [1.82, 2.24) is 4.90 Å². The van der Waals surface area contributed by atoms with Crippen LogP contribution in [0.3, 0.4) is 0 Å². The highest BCUT2D eigenvalue weighted by molar-refractivity contribution is 5.76. The highest BCUT2D eigenvalue weighted by Gasteiger charge is 2.33. The smallest absolute Gasteiger partial charge is 0.255 e. The Labute approximate surface area is 101 Å². The molecule has 1 rings (SSSR count). The summed E-state index contributed by atoms with van der Waals surface area (Å²) in [6, 6.07) is 0.0838. The predicted molar refractivity (Wildman–Crippen MR) is 62.9 cm³/mol. The molecule has 0 aromatic rings.